The van der Waals surface area contributed by atoms with Crippen LogP contribution in [-0.4, -0.2) is 44.8 Å². The van der Waals surface area contributed by atoms with E-state index in [2.05, 4.69) is 15.5 Å². The molecule has 1 atom stereocenters. The first-order valence-corrected chi connectivity index (χ1v) is 9.27. The molecule has 4 rings (SSSR count). The molecule has 1 aromatic carbocycles. The summed E-state index contributed by atoms with van der Waals surface area (Å²) in [5.74, 6) is 0.468. The first kappa shape index (κ1) is 18.2. The summed E-state index contributed by atoms with van der Waals surface area (Å²) in [6.45, 7) is 1.32. The SMILES string of the molecule is Cn1cc(-c2nn(C)cc2C(=O)Nc2cccc(OCC3CCCO3)c2)cn1. The average Bonchev–Trinajstić information content (AvgIpc) is 3.41. The van der Waals surface area contributed by atoms with Crippen LogP contribution in [0.15, 0.2) is 42.9 Å². The number of nitrogens with zero attached hydrogens (tertiary/aromatic N) is 4. The molecular formula is C20H23N5O3. The quantitative estimate of drug-likeness (QED) is 0.710. The van der Waals surface area contributed by atoms with Crippen molar-refractivity contribution in [1.82, 2.24) is 19.6 Å². The Labute approximate surface area is 163 Å². The molecule has 0 bridgehead atoms. The zero-order valence-corrected chi connectivity index (χ0v) is 16.0. The van der Waals surface area contributed by atoms with Crippen molar-refractivity contribution in [2.75, 3.05) is 18.5 Å². The van der Waals surface area contributed by atoms with Crippen molar-refractivity contribution in [3.05, 3.63) is 48.4 Å². The first-order valence-electron chi connectivity index (χ1n) is 9.27. The maximum atomic E-state index is 12.9. The molecule has 0 spiro atoms. The minimum atomic E-state index is -0.233. The molecular weight excluding hydrogens is 358 g/mol. The summed E-state index contributed by atoms with van der Waals surface area (Å²) in [5, 5.41) is 11.5. The van der Waals surface area contributed by atoms with Crippen LogP contribution < -0.4 is 10.1 Å². The normalized spacial score (nSPS) is 16.3. The van der Waals surface area contributed by atoms with Gasteiger partial charge in [-0.1, -0.05) is 6.07 Å². The third-order valence-corrected chi connectivity index (χ3v) is 4.60. The molecule has 1 amide bonds. The molecule has 0 aliphatic carbocycles. The molecule has 0 radical (unpaired) electrons. The van der Waals surface area contributed by atoms with E-state index in [-0.39, 0.29) is 12.0 Å². The molecule has 1 unspecified atom stereocenters. The predicted octanol–water partition coefficient (Wildman–Crippen LogP) is 2.63. The van der Waals surface area contributed by atoms with E-state index in [0.29, 0.717) is 29.3 Å². The molecule has 3 aromatic rings. The van der Waals surface area contributed by atoms with Gasteiger partial charge in [0.05, 0.1) is 17.9 Å². The maximum Gasteiger partial charge on any atom is 0.259 e. The van der Waals surface area contributed by atoms with E-state index >= 15 is 0 Å². The van der Waals surface area contributed by atoms with Crippen LogP contribution in [0.3, 0.4) is 0 Å². The Morgan fingerprint density at radius 3 is 2.96 bits per heavy atom. The predicted molar refractivity (Wildman–Crippen MR) is 104 cm³/mol. The Hall–Kier alpha value is -3.13. The van der Waals surface area contributed by atoms with Crippen LogP contribution in [0.1, 0.15) is 23.2 Å². The number of amides is 1. The number of ether oxygens (including phenoxy) is 2. The lowest BCUT2D eigenvalue weighted by Gasteiger charge is -2.12. The minimum absolute atomic E-state index is 0.149. The number of benzene rings is 1. The zero-order valence-electron chi connectivity index (χ0n) is 16.0. The smallest absolute Gasteiger partial charge is 0.259 e. The van der Waals surface area contributed by atoms with Crippen LogP contribution in [0.5, 0.6) is 5.75 Å². The fourth-order valence-corrected chi connectivity index (χ4v) is 3.24. The van der Waals surface area contributed by atoms with E-state index in [1.54, 1.807) is 28.8 Å². The standard InChI is InChI=1S/C20H23N5O3/c1-24-11-14(10-21-24)19-18(12-25(2)23-19)20(26)22-15-5-3-6-16(9-15)28-13-17-7-4-8-27-17/h3,5-6,9-12,17H,4,7-8,13H2,1-2H3,(H,22,26). The van der Waals surface area contributed by atoms with E-state index in [1.165, 1.54) is 0 Å². The molecule has 3 heterocycles. The Bertz CT molecular complexity index is 972. The summed E-state index contributed by atoms with van der Waals surface area (Å²) in [7, 11) is 3.62. The number of hydrogen-bond donors (Lipinski definition) is 1. The van der Waals surface area contributed by atoms with Gasteiger partial charge in [0.1, 0.15) is 18.1 Å². The number of rotatable bonds is 6. The summed E-state index contributed by atoms with van der Waals surface area (Å²) < 4.78 is 14.7. The van der Waals surface area contributed by atoms with E-state index in [4.69, 9.17) is 9.47 Å². The second-order valence-corrected chi connectivity index (χ2v) is 6.90. The van der Waals surface area contributed by atoms with Gasteiger partial charge in [-0.05, 0) is 25.0 Å². The van der Waals surface area contributed by atoms with E-state index in [1.807, 2.05) is 37.5 Å². The molecule has 28 heavy (non-hydrogen) atoms. The Morgan fingerprint density at radius 1 is 1.32 bits per heavy atom. The van der Waals surface area contributed by atoms with Crippen LogP contribution >= 0.6 is 0 Å². The molecule has 1 saturated heterocycles. The number of carbonyl (C=O) groups is 1. The first-order chi connectivity index (χ1) is 13.6. The zero-order chi connectivity index (χ0) is 19.5. The van der Waals surface area contributed by atoms with Gasteiger partial charge in [0.15, 0.2) is 0 Å². The highest BCUT2D eigenvalue weighted by molar-refractivity contribution is 6.08. The molecule has 1 N–H and O–H groups in total. The second-order valence-electron chi connectivity index (χ2n) is 6.90. The van der Waals surface area contributed by atoms with Crippen molar-refractivity contribution in [3.8, 4) is 17.0 Å². The van der Waals surface area contributed by atoms with Gasteiger partial charge in [0, 0.05) is 50.4 Å². The largest absolute Gasteiger partial charge is 0.491 e. The maximum absolute atomic E-state index is 12.9. The topological polar surface area (TPSA) is 83.2 Å². The second kappa shape index (κ2) is 7.85. The lowest BCUT2D eigenvalue weighted by Crippen LogP contribution is -2.16. The van der Waals surface area contributed by atoms with Gasteiger partial charge in [-0.15, -0.1) is 0 Å². The lowest BCUT2D eigenvalue weighted by atomic mass is 10.1. The van der Waals surface area contributed by atoms with Crippen LogP contribution in [0.25, 0.3) is 11.3 Å². The third-order valence-electron chi connectivity index (χ3n) is 4.60. The summed E-state index contributed by atoms with van der Waals surface area (Å²) in [4.78, 5) is 12.9. The molecule has 1 fully saturated rings. The summed E-state index contributed by atoms with van der Waals surface area (Å²) in [6, 6.07) is 7.37. The number of anilines is 1. The van der Waals surface area contributed by atoms with Crippen LogP contribution in [-0.2, 0) is 18.8 Å². The van der Waals surface area contributed by atoms with E-state index in [9.17, 15) is 4.79 Å². The molecule has 8 heteroatoms. The van der Waals surface area contributed by atoms with Gasteiger partial charge in [-0.2, -0.15) is 10.2 Å². The fourth-order valence-electron chi connectivity index (χ4n) is 3.24. The fraction of sp³-hybridized carbons (Fsp3) is 0.350. The Kier molecular flexibility index (Phi) is 5.12. The number of carbonyl (C=O) groups excluding carboxylic acids is 1. The molecule has 8 nitrogen and oxygen atoms in total. The average molecular weight is 381 g/mol. The molecule has 1 aliphatic rings. The lowest BCUT2D eigenvalue weighted by molar-refractivity contribution is 0.0680. The Morgan fingerprint density at radius 2 is 2.21 bits per heavy atom. The summed E-state index contributed by atoms with van der Waals surface area (Å²) >= 11 is 0. The molecule has 0 saturated carbocycles. The van der Waals surface area contributed by atoms with Crippen molar-refractivity contribution in [2.24, 2.45) is 14.1 Å². The van der Waals surface area contributed by atoms with Crippen molar-refractivity contribution in [3.63, 3.8) is 0 Å². The monoisotopic (exact) mass is 381 g/mol. The molecule has 146 valence electrons. The van der Waals surface area contributed by atoms with Crippen molar-refractivity contribution in [1.29, 1.82) is 0 Å². The van der Waals surface area contributed by atoms with E-state index < -0.39 is 0 Å². The van der Waals surface area contributed by atoms with Gasteiger partial charge in [0.2, 0.25) is 0 Å². The van der Waals surface area contributed by atoms with Crippen molar-refractivity contribution >= 4 is 11.6 Å². The molecule has 2 aromatic heterocycles. The van der Waals surface area contributed by atoms with Gasteiger partial charge in [0.25, 0.3) is 5.91 Å². The van der Waals surface area contributed by atoms with Crippen LogP contribution in [0, 0.1) is 0 Å². The minimum Gasteiger partial charge on any atom is -0.491 e. The Balaban J connectivity index is 1.47. The third kappa shape index (κ3) is 4.07. The van der Waals surface area contributed by atoms with Gasteiger partial charge < -0.3 is 14.8 Å². The highest BCUT2D eigenvalue weighted by atomic mass is 16.5. The van der Waals surface area contributed by atoms with Gasteiger partial charge >= 0.3 is 0 Å². The van der Waals surface area contributed by atoms with Crippen molar-refractivity contribution < 1.29 is 14.3 Å². The summed E-state index contributed by atoms with van der Waals surface area (Å²) in [6.07, 6.45) is 7.48. The highest BCUT2D eigenvalue weighted by Crippen LogP contribution is 2.24. The van der Waals surface area contributed by atoms with Crippen LogP contribution in [0.2, 0.25) is 0 Å². The van der Waals surface area contributed by atoms with Crippen molar-refractivity contribution in [2.45, 2.75) is 18.9 Å². The number of nitrogens with one attached hydrogen (secondary N) is 1. The van der Waals surface area contributed by atoms with Gasteiger partial charge in [-0.25, -0.2) is 0 Å². The summed E-state index contributed by atoms with van der Waals surface area (Å²) in [5.41, 5.74) is 2.54. The van der Waals surface area contributed by atoms with Crippen LogP contribution in [0.4, 0.5) is 5.69 Å². The number of aromatic nitrogens is 4. The molecule has 1 aliphatic heterocycles. The number of hydrogen-bond acceptors (Lipinski definition) is 5. The number of aryl methyl sites for hydroxylation is 2. The van der Waals surface area contributed by atoms with Gasteiger partial charge in [-0.3, -0.25) is 14.2 Å². The van der Waals surface area contributed by atoms with E-state index in [0.717, 1.165) is 25.0 Å². The highest BCUT2D eigenvalue weighted by Gasteiger charge is 2.19.